The van der Waals surface area contributed by atoms with Gasteiger partial charge in [0.1, 0.15) is 11.8 Å². The Kier molecular flexibility index (Phi) is 2.83. The van der Waals surface area contributed by atoms with Crippen molar-refractivity contribution in [1.82, 2.24) is 5.32 Å². The Labute approximate surface area is 91.3 Å². The molecular formula is C10H11NO3S. The first kappa shape index (κ1) is 10.3. The monoisotopic (exact) mass is 225 g/mol. The van der Waals surface area contributed by atoms with Crippen LogP contribution in [0.1, 0.15) is 10.9 Å². The molecule has 1 aliphatic heterocycles. The highest BCUT2D eigenvalue weighted by Crippen LogP contribution is 2.33. The van der Waals surface area contributed by atoms with Gasteiger partial charge in [0, 0.05) is 5.75 Å². The van der Waals surface area contributed by atoms with Crippen LogP contribution in [0.15, 0.2) is 24.3 Å². The Hall–Kier alpha value is -1.20. The molecule has 0 aromatic heterocycles. The molecule has 1 aromatic carbocycles. The van der Waals surface area contributed by atoms with Crippen LogP contribution in [-0.4, -0.2) is 28.0 Å². The first-order chi connectivity index (χ1) is 7.16. The zero-order valence-corrected chi connectivity index (χ0v) is 8.70. The van der Waals surface area contributed by atoms with Crippen LogP contribution < -0.4 is 5.32 Å². The fraction of sp³-hybridized carbons (Fsp3) is 0.300. The number of phenolic OH excluding ortho intramolecular Hbond substituents is 1. The first-order valence-corrected chi connectivity index (χ1v) is 5.61. The van der Waals surface area contributed by atoms with Gasteiger partial charge in [0.05, 0.1) is 5.37 Å². The summed E-state index contributed by atoms with van der Waals surface area (Å²) in [6, 6.07) is 6.32. The summed E-state index contributed by atoms with van der Waals surface area (Å²) in [6.45, 7) is 0. The van der Waals surface area contributed by atoms with Gasteiger partial charge in [-0.1, -0.05) is 12.1 Å². The van der Waals surface area contributed by atoms with E-state index in [1.165, 1.54) is 0 Å². The second kappa shape index (κ2) is 4.12. The summed E-state index contributed by atoms with van der Waals surface area (Å²) in [4.78, 5) is 10.7. The van der Waals surface area contributed by atoms with Gasteiger partial charge in [-0.15, -0.1) is 11.8 Å². The van der Waals surface area contributed by atoms with E-state index < -0.39 is 12.0 Å². The van der Waals surface area contributed by atoms with Gasteiger partial charge in [-0.05, 0) is 17.7 Å². The molecule has 3 N–H and O–H groups in total. The molecule has 80 valence electrons. The Balaban J connectivity index is 2.07. The minimum Gasteiger partial charge on any atom is -0.508 e. The summed E-state index contributed by atoms with van der Waals surface area (Å²) >= 11 is 1.56. The SMILES string of the molecule is O=C(O)[C@@H]1CSC(c2ccc(O)cc2)N1. The fourth-order valence-corrected chi connectivity index (χ4v) is 2.69. The number of phenols is 1. The van der Waals surface area contributed by atoms with Crippen molar-refractivity contribution in [3.63, 3.8) is 0 Å². The normalized spacial score (nSPS) is 25.3. The Morgan fingerprint density at radius 1 is 1.40 bits per heavy atom. The molecule has 0 amide bonds. The molecule has 4 nitrogen and oxygen atoms in total. The van der Waals surface area contributed by atoms with E-state index in [1.54, 1.807) is 36.0 Å². The van der Waals surface area contributed by atoms with Crippen LogP contribution in [0.5, 0.6) is 5.75 Å². The quantitative estimate of drug-likeness (QED) is 0.705. The van der Waals surface area contributed by atoms with Gasteiger partial charge in [0.2, 0.25) is 0 Å². The Bertz CT molecular complexity index is 365. The zero-order chi connectivity index (χ0) is 10.8. The number of carboxylic acid groups (broad SMARTS) is 1. The average molecular weight is 225 g/mol. The van der Waals surface area contributed by atoms with Crippen molar-refractivity contribution in [2.75, 3.05) is 5.75 Å². The van der Waals surface area contributed by atoms with E-state index in [1.807, 2.05) is 0 Å². The average Bonchev–Trinajstić information content (AvgIpc) is 2.68. The number of thioether (sulfide) groups is 1. The Morgan fingerprint density at radius 2 is 2.07 bits per heavy atom. The van der Waals surface area contributed by atoms with Crippen molar-refractivity contribution in [2.24, 2.45) is 0 Å². The minimum atomic E-state index is -0.816. The van der Waals surface area contributed by atoms with Gasteiger partial charge in [0.15, 0.2) is 0 Å². The maximum atomic E-state index is 10.7. The number of hydrogen-bond acceptors (Lipinski definition) is 4. The molecule has 2 atom stereocenters. The molecule has 1 aromatic rings. The molecule has 0 radical (unpaired) electrons. The molecule has 0 aliphatic carbocycles. The van der Waals surface area contributed by atoms with Crippen molar-refractivity contribution in [2.45, 2.75) is 11.4 Å². The summed E-state index contributed by atoms with van der Waals surface area (Å²) in [5, 5.41) is 20.9. The van der Waals surface area contributed by atoms with E-state index >= 15 is 0 Å². The van der Waals surface area contributed by atoms with E-state index in [0.717, 1.165) is 5.56 Å². The molecule has 0 bridgehead atoms. The summed E-state index contributed by atoms with van der Waals surface area (Å²) in [5.74, 6) is -0.0266. The van der Waals surface area contributed by atoms with E-state index in [-0.39, 0.29) is 11.1 Å². The van der Waals surface area contributed by atoms with Gasteiger partial charge in [0.25, 0.3) is 0 Å². The van der Waals surface area contributed by atoms with Crippen LogP contribution in [0.4, 0.5) is 0 Å². The predicted octanol–water partition coefficient (Wildman–Crippen LogP) is 1.18. The van der Waals surface area contributed by atoms with Crippen LogP contribution in [0.25, 0.3) is 0 Å². The fourth-order valence-electron chi connectivity index (χ4n) is 1.46. The summed E-state index contributed by atoms with van der Waals surface area (Å²) in [6.07, 6.45) is 0. The lowest BCUT2D eigenvalue weighted by atomic mass is 10.2. The predicted molar refractivity (Wildman–Crippen MR) is 57.9 cm³/mol. The molecule has 5 heteroatoms. The highest BCUT2D eigenvalue weighted by Gasteiger charge is 2.29. The lowest BCUT2D eigenvalue weighted by molar-refractivity contribution is -0.138. The van der Waals surface area contributed by atoms with E-state index in [4.69, 9.17) is 10.2 Å². The number of rotatable bonds is 2. The summed E-state index contributed by atoms with van der Waals surface area (Å²) < 4.78 is 0. The van der Waals surface area contributed by atoms with Crippen LogP contribution in [0, 0.1) is 0 Å². The third-order valence-electron chi connectivity index (χ3n) is 2.28. The number of nitrogens with one attached hydrogen (secondary N) is 1. The summed E-state index contributed by atoms with van der Waals surface area (Å²) in [5.41, 5.74) is 0.988. The second-order valence-electron chi connectivity index (χ2n) is 3.36. The number of aromatic hydroxyl groups is 1. The standard InChI is InChI=1S/C10H11NO3S/c12-7-3-1-6(2-4-7)9-11-8(5-15-9)10(13)14/h1-4,8-9,11-12H,5H2,(H,13,14)/t8-,9?/m0/s1. The first-order valence-electron chi connectivity index (χ1n) is 4.56. The smallest absolute Gasteiger partial charge is 0.321 e. The number of aliphatic carboxylic acids is 1. The highest BCUT2D eigenvalue weighted by molar-refractivity contribution is 7.99. The van der Waals surface area contributed by atoms with Crippen molar-refractivity contribution in [1.29, 1.82) is 0 Å². The largest absolute Gasteiger partial charge is 0.508 e. The number of hydrogen-bond donors (Lipinski definition) is 3. The van der Waals surface area contributed by atoms with Crippen molar-refractivity contribution in [3.8, 4) is 5.75 Å². The molecule has 15 heavy (non-hydrogen) atoms. The zero-order valence-electron chi connectivity index (χ0n) is 7.88. The molecule has 1 aliphatic rings. The maximum Gasteiger partial charge on any atom is 0.321 e. The lowest BCUT2D eigenvalue weighted by Gasteiger charge is -2.10. The molecule has 0 saturated carbocycles. The molecule has 1 heterocycles. The topological polar surface area (TPSA) is 69.6 Å². The van der Waals surface area contributed by atoms with E-state index in [0.29, 0.717) is 5.75 Å². The van der Waals surface area contributed by atoms with Crippen LogP contribution in [0.3, 0.4) is 0 Å². The van der Waals surface area contributed by atoms with Crippen LogP contribution >= 0.6 is 11.8 Å². The maximum absolute atomic E-state index is 10.7. The molecule has 1 unspecified atom stereocenters. The van der Waals surface area contributed by atoms with Crippen LogP contribution in [-0.2, 0) is 4.79 Å². The third-order valence-corrected chi connectivity index (χ3v) is 3.54. The van der Waals surface area contributed by atoms with E-state index in [2.05, 4.69) is 5.32 Å². The van der Waals surface area contributed by atoms with Crippen LogP contribution in [0.2, 0.25) is 0 Å². The minimum absolute atomic E-state index is 0.00620. The lowest BCUT2D eigenvalue weighted by Crippen LogP contribution is -2.33. The molecule has 1 saturated heterocycles. The van der Waals surface area contributed by atoms with Crippen molar-refractivity contribution < 1.29 is 15.0 Å². The Morgan fingerprint density at radius 3 is 2.60 bits per heavy atom. The molecular weight excluding hydrogens is 214 g/mol. The number of carbonyl (C=O) groups is 1. The van der Waals surface area contributed by atoms with Crippen molar-refractivity contribution >= 4 is 17.7 Å². The second-order valence-corrected chi connectivity index (χ2v) is 4.50. The van der Waals surface area contributed by atoms with Gasteiger partial charge in [-0.3, -0.25) is 10.1 Å². The molecule has 2 rings (SSSR count). The summed E-state index contributed by atoms with van der Waals surface area (Å²) in [7, 11) is 0. The van der Waals surface area contributed by atoms with E-state index in [9.17, 15) is 4.79 Å². The van der Waals surface area contributed by atoms with Crippen molar-refractivity contribution in [3.05, 3.63) is 29.8 Å². The van der Waals surface area contributed by atoms with Gasteiger partial charge < -0.3 is 10.2 Å². The number of benzene rings is 1. The molecule has 0 spiro atoms. The highest BCUT2D eigenvalue weighted by atomic mass is 32.2. The van der Waals surface area contributed by atoms with Gasteiger partial charge >= 0.3 is 5.97 Å². The third kappa shape index (κ3) is 2.24. The number of carboxylic acids is 1. The molecule has 1 fully saturated rings. The van der Waals surface area contributed by atoms with Gasteiger partial charge in [-0.2, -0.15) is 0 Å². The van der Waals surface area contributed by atoms with Gasteiger partial charge in [-0.25, -0.2) is 0 Å².